The van der Waals surface area contributed by atoms with E-state index in [1.807, 2.05) is 0 Å². The van der Waals surface area contributed by atoms with E-state index in [2.05, 4.69) is 27.1 Å². The smallest absolute Gasteiger partial charge is 0.256 e. The van der Waals surface area contributed by atoms with Crippen molar-refractivity contribution in [2.75, 3.05) is 5.32 Å². The fourth-order valence-electron chi connectivity index (χ4n) is 3.06. The number of carbonyl (C=O) groups is 1. The van der Waals surface area contributed by atoms with Crippen LogP contribution in [0.15, 0.2) is 18.2 Å². The highest BCUT2D eigenvalue weighted by Crippen LogP contribution is 2.39. The van der Waals surface area contributed by atoms with Crippen molar-refractivity contribution in [2.24, 2.45) is 5.92 Å². The first kappa shape index (κ1) is 15.2. The van der Waals surface area contributed by atoms with Gasteiger partial charge in [-0.25, -0.2) is 0 Å². The summed E-state index contributed by atoms with van der Waals surface area (Å²) in [4.78, 5) is 13.8. The molecule has 2 heterocycles. The molecule has 0 aliphatic heterocycles. The molecule has 1 atom stereocenters. The third-order valence-electron chi connectivity index (χ3n) is 4.37. The molecule has 1 aliphatic carbocycles. The monoisotopic (exact) mass is 354 g/mol. The average molecular weight is 354 g/mol. The molecule has 0 fully saturated rings. The van der Waals surface area contributed by atoms with Crippen molar-refractivity contribution in [3.05, 3.63) is 39.8 Å². The molecule has 1 aromatic carbocycles. The molecule has 7 heteroatoms. The molecule has 0 bridgehead atoms. The minimum absolute atomic E-state index is 0.215. The Morgan fingerprint density at radius 1 is 1.38 bits per heavy atom. The Bertz CT molecular complexity index is 982. The van der Waals surface area contributed by atoms with Crippen molar-refractivity contribution in [3.63, 3.8) is 0 Å². The Labute approximate surface area is 147 Å². The van der Waals surface area contributed by atoms with Crippen LogP contribution in [0.1, 0.15) is 39.7 Å². The van der Waals surface area contributed by atoms with Crippen LogP contribution in [0.5, 0.6) is 0 Å². The van der Waals surface area contributed by atoms with Crippen LogP contribution in [0.4, 0.5) is 5.00 Å². The van der Waals surface area contributed by atoms with Crippen LogP contribution in [-0.4, -0.2) is 14.7 Å². The van der Waals surface area contributed by atoms with Gasteiger partial charge in [0, 0.05) is 10.4 Å². The number of benzene rings is 1. The zero-order chi connectivity index (χ0) is 16.7. The molecule has 0 saturated carbocycles. The van der Waals surface area contributed by atoms with Gasteiger partial charge in [0.25, 0.3) is 5.91 Å². The van der Waals surface area contributed by atoms with Gasteiger partial charge in [0.15, 0.2) is 0 Å². The van der Waals surface area contributed by atoms with E-state index in [9.17, 15) is 10.1 Å². The molecule has 4 rings (SSSR count). The summed E-state index contributed by atoms with van der Waals surface area (Å²) >= 11 is 2.67. The fraction of sp³-hybridized carbons (Fsp3) is 0.294. The topological polar surface area (TPSA) is 78.7 Å². The zero-order valence-corrected chi connectivity index (χ0v) is 14.6. The third kappa shape index (κ3) is 2.58. The number of nitrogens with one attached hydrogen (secondary N) is 1. The molecule has 1 N–H and O–H groups in total. The Morgan fingerprint density at radius 2 is 2.21 bits per heavy atom. The highest BCUT2D eigenvalue weighted by molar-refractivity contribution is 7.16. The van der Waals surface area contributed by atoms with Gasteiger partial charge in [-0.15, -0.1) is 11.3 Å². The number of rotatable bonds is 2. The highest BCUT2D eigenvalue weighted by atomic mass is 32.1. The normalized spacial score (nSPS) is 16.6. The van der Waals surface area contributed by atoms with Gasteiger partial charge in [0.05, 0.1) is 17.3 Å². The summed E-state index contributed by atoms with van der Waals surface area (Å²) in [5, 5.41) is 13.1. The minimum atomic E-state index is -0.215. The molecule has 1 aliphatic rings. The first-order valence-corrected chi connectivity index (χ1v) is 9.28. The van der Waals surface area contributed by atoms with Crippen LogP contribution < -0.4 is 5.32 Å². The second-order valence-corrected chi connectivity index (χ2v) is 7.72. The maximum Gasteiger partial charge on any atom is 0.256 e. The van der Waals surface area contributed by atoms with Crippen molar-refractivity contribution in [3.8, 4) is 6.07 Å². The predicted octanol–water partition coefficient (Wildman–Crippen LogP) is 4.00. The molecule has 0 spiro atoms. The second kappa shape index (κ2) is 5.96. The minimum Gasteiger partial charge on any atom is -0.312 e. The number of hydrogen-bond donors (Lipinski definition) is 1. The predicted molar refractivity (Wildman–Crippen MR) is 95.6 cm³/mol. The molecule has 5 nitrogen and oxygen atoms in total. The van der Waals surface area contributed by atoms with E-state index in [0.29, 0.717) is 27.6 Å². The van der Waals surface area contributed by atoms with Crippen molar-refractivity contribution >= 4 is 45.0 Å². The van der Waals surface area contributed by atoms with E-state index in [4.69, 9.17) is 0 Å². The first-order chi connectivity index (χ1) is 11.7. The summed E-state index contributed by atoms with van der Waals surface area (Å²) in [5.41, 5.74) is 3.78. The summed E-state index contributed by atoms with van der Waals surface area (Å²) in [6.07, 6.45) is 3.00. The molecule has 1 amide bonds. The average Bonchev–Trinajstić information content (AvgIpc) is 3.17. The van der Waals surface area contributed by atoms with Gasteiger partial charge in [-0.1, -0.05) is 6.92 Å². The molecular formula is C17H14N4OS2. The van der Waals surface area contributed by atoms with Crippen molar-refractivity contribution in [2.45, 2.75) is 26.2 Å². The van der Waals surface area contributed by atoms with Crippen LogP contribution in [-0.2, 0) is 12.8 Å². The maximum absolute atomic E-state index is 12.6. The summed E-state index contributed by atoms with van der Waals surface area (Å²) in [6.45, 7) is 2.23. The number of aromatic nitrogens is 2. The fourth-order valence-corrected chi connectivity index (χ4v) is 4.93. The Balaban J connectivity index is 1.65. The molecule has 0 saturated heterocycles. The van der Waals surface area contributed by atoms with Gasteiger partial charge < -0.3 is 5.32 Å². The number of anilines is 1. The van der Waals surface area contributed by atoms with E-state index in [1.54, 1.807) is 18.2 Å². The molecule has 0 radical (unpaired) electrons. The largest absolute Gasteiger partial charge is 0.312 e. The van der Waals surface area contributed by atoms with Crippen LogP contribution in [0.25, 0.3) is 11.0 Å². The number of fused-ring (bicyclic) bond motifs is 2. The molecular weight excluding hydrogens is 340 g/mol. The van der Waals surface area contributed by atoms with Crippen molar-refractivity contribution in [1.29, 1.82) is 5.26 Å². The molecule has 3 aromatic rings. The third-order valence-corrected chi connectivity index (χ3v) is 6.09. The lowest BCUT2D eigenvalue weighted by Gasteiger charge is -2.17. The van der Waals surface area contributed by atoms with Gasteiger partial charge in [-0.3, -0.25) is 4.79 Å². The quantitative estimate of drug-likeness (QED) is 0.754. The molecule has 2 aromatic heterocycles. The number of carbonyl (C=O) groups excluding carboxylic acids is 1. The van der Waals surface area contributed by atoms with Gasteiger partial charge in [-0.05, 0) is 48.9 Å². The van der Waals surface area contributed by atoms with Crippen LogP contribution >= 0.6 is 23.1 Å². The van der Waals surface area contributed by atoms with E-state index < -0.39 is 0 Å². The molecule has 24 heavy (non-hydrogen) atoms. The summed E-state index contributed by atoms with van der Waals surface area (Å²) in [5.74, 6) is 0.416. The maximum atomic E-state index is 12.6. The van der Waals surface area contributed by atoms with E-state index in [1.165, 1.54) is 16.2 Å². The van der Waals surface area contributed by atoms with Gasteiger partial charge in [0.2, 0.25) is 0 Å². The number of nitriles is 1. The molecule has 120 valence electrons. The van der Waals surface area contributed by atoms with E-state index in [-0.39, 0.29) is 5.91 Å². The standard InChI is InChI=1S/C17H14N4OS2/c1-9-2-4-11-12(8-18)17(23-15(11)6-9)19-16(22)10-3-5-13-14(7-10)21-24-20-13/h3,5,7,9H,2,4,6H2,1H3,(H,19,22)/t9-/m0/s1. The summed E-state index contributed by atoms with van der Waals surface area (Å²) < 4.78 is 8.30. The Hall–Kier alpha value is -2.30. The van der Waals surface area contributed by atoms with Crippen LogP contribution in [0, 0.1) is 17.2 Å². The van der Waals surface area contributed by atoms with Gasteiger partial charge in [-0.2, -0.15) is 14.0 Å². The summed E-state index contributed by atoms with van der Waals surface area (Å²) in [6, 6.07) is 7.54. The SMILES string of the molecule is C[C@H]1CCc2c(sc(NC(=O)c3ccc4nsnc4c3)c2C#N)C1. The highest BCUT2D eigenvalue weighted by Gasteiger charge is 2.24. The lowest BCUT2D eigenvalue weighted by Crippen LogP contribution is -2.12. The zero-order valence-electron chi connectivity index (χ0n) is 13.0. The van der Waals surface area contributed by atoms with Gasteiger partial charge >= 0.3 is 0 Å². The Kier molecular flexibility index (Phi) is 3.79. The number of nitrogens with zero attached hydrogens (tertiary/aromatic N) is 3. The lowest BCUT2D eigenvalue weighted by atomic mass is 9.88. The van der Waals surface area contributed by atoms with Crippen LogP contribution in [0.3, 0.4) is 0 Å². The first-order valence-electron chi connectivity index (χ1n) is 7.74. The van der Waals surface area contributed by atoms with E-state index in [0.717, 1.165) is 42.1 Å². The van der Waals surface area contributed by atoms with Crippen LogP contribution in [0.2, 0.25) is 0 Å². The molecule has 0 unspecified atom stereocenters. The summed E-state index contributed by atoms with van der Waals surface area (Å²) in [7, 11) is 0. The van der Waals surface area contributed by atoms with Gasteiger partial charge in [0.1, 0.15) is 22.1 Å². The Morgan fingerprint density at radius 3 is 3.04 bits per heavy atom. The number of hydrogen-bond acceptors (Lipinski definition) is 6. The number of thiophene rings is 1. The van der Waals surface area contributed by atoms with E-state index >= 15 is 0 Å². The van der Waals surface area contributed by atoms with Crippen molar-refractivity contribution < 1.29 is 4.79 Å². The lowest BCUT2D eigenvalue weighted by molar-refractivity contribution is 0.102. The second-order valence-electron chi connectivity index (χ2n) is 6.09. The number of amides is 1. The van der Waals surface area contributed by atoms with Crippen molar-refractivity contribution in [1.82, 2.24) is 8.75 Å².